The van der Waals surface area contributed by atoms with Crippen LogP contribution in [0.5, 0.6) is 5.75 Å². The number of benzene rings is 1. The summed E-state index contributed by atoms with van der Waals surface area (Å²) in [6.07, 6.45) is 8.13. The lowest BCUT2D eigenvalue weighted by molar-refractivity contribution is 0.183. The van der Waals surface area contributed by atoms with Crippen molar-refractivity contribution in [2.75, 3.05) is 44.2 Å². The van der Waals surface area contributed by atoms with E-state index in [1.807, 2.05) is 0 Å². The maximum absolute atomic E-state index is 6.02. The van der Waals surface area contributed by atoms with Crippen LogP contribution >= 0.6 is 0 Å². The van der Waals surface area contributed by atoms with Crippen LogP contribution in [0.1, 0.15) is 44.1 Å². The molecule has 2 aliphatic heterocycles. The first-order valence-electron chi connectivity index (χ1n) is 9.04. The van der Waals surface area contributed by atoms with Gasteiger partial charge < -0.3 is 9.64 Å². The van der Waals surface area contributed by atoms with E-state index >= 15 is 0 Å². The summed E-state index contributed by atoms with van der Waals surface area (Å²) in [5.74, 6) is 1.05. The Morgan fingerprint density at radius 3 is 2.27 bits per heavy atom. The Morgan fingerprint density at radius 1 is 0.909 bits per heavy atom. The summed E-state index contributed by atoms with van der Waals surface area (Å²) in [7, 11) is 0. The van der Waals surface area contributed by atoms with E-state index in [4.69, 9.17) is 4.74 Å². The Bertz CT molecular complexity index is 463. The summed E-state index contributed by atoms with van der Waals surface area (Å²) in [6, 6.07) is 6.69. The number of ether oxygens (including phenoxy) is 1. The van der Waals surface area contributed by atoms with Gasteiger partial charge in [0.15, 0.2) is 0 Å². The quantitative estimate of drug-likeness (QED) is 0.821. The van der Waals surface area contributed by atoms with Crippen molar-refractivity contribution in [3.63, 3.8) is 0 Å². The van der Waals surface area contributed by atoms with Gasteiger partial charge in [-0.3, -0.25) is 4.90 Å². The summed E-state index contributed by atoms with van der Waals surface area (Å²) < 4.78 is 6.02. The standard InChI is InChI=1S/C19H30N2O/c1-17-16-18(21-12-6-3-7-13-21)8-9-19(17)22-15-14-20-10-4-2-5-11-20/h8-9,16H,2-7,10-15H2,1H3. The third-order valence-corrected chi connectivity index (χ3v) is 4.99. The van der Waals surface area contributed by atoms with Gasteiger partial charge in [0.2, 0.25) is 0 Å². The molecule has 0 aliphatic carbocycles. The highest BCUT2D eigenvalue weighted by Crippen LogP contribution is 2.26. The molecule has 0 radical (unpaired) electrons. The molecule has 22 heavy (non-hydrogen) atoms. The molecule has 1 aromatic rings. The lowest BCUT2D eigenvalue weighted by Gasteiger charge is -2.29. The molecule has 0 amide bonds. The predicted molar refractivity (Wildman–Crippen MR) is 93.0 cm³/mol. The van der Waals surface area contributed by atoms with Crippen LogP contribution in [-0.2, 0) is 0 Å². The van der Waals surface area contributed by atoms with Crippen molar-refractivity contribution >= 4 is 5.69 Å². The van der Waals surface area contributed by atoms with Crippen LogP contribution in [-0.4, -0.2) is 44.2 Å². The molecule has 0 aromatic heterocycles. The molecule has 0 spiro atoms. The van der Waals surface area contributed by atoms with Crippen molar-refractivity contribution in [1.82, 2.24) is 4.90 Å². The maximum atomic E-state index is 6.02. The fraction of sp³-hybridized carbons (Fsp3) is 0.684. The molecule has 3 heteroatoms. The third kappa shape index (κ3) is 4.16. The zero-order chi connectivity index (χ0) is 15.2. The second kappa shape index (κ2) is 7.87. The minimum Gasteiger partial charge on any atom is -0.492 e. The molecule has 0 saturated carbocycles. The van der Waals surface area contributed by atoms with E-state index in [0.717, 1.165) is 18.9 Å². The monoisotopic (exact) mass is 302 g/mol. The number of anilines is 1. The maximum Gasteiger partial charge on any atom is 0.122 e. The SMILES string of the molecule is Cc1cc(N2CCCCC2)ccc1OCCN1CCCCC1. The molecular weight excluding hydrogens is 272 g/mol. The summed E-state index contributed by atoms with van der Waals surface area (Å²) in [5.41, 5.74) is 2.63. The Morgan fingerprint density at radius 2 is 1.59 bits per heavy atom. The minimum absolute atomic E-state index is 0.809. The molecule has 2 aliphatic rings. The number of rotatable bonds is 5. The Labute approximate surface area is 135 Å². The van der Waals surface area contributed by atoms with Gasteiger partial charge in [-0.1, -0.05) is 6.42 Å². The number of hydrogen-bond acceptors (Lipinski definition) is 3. The Kier molecular flexibility index (Phi) is 5.60. The van der Waals surface area contributed by atoms with Crippen LogP contribution in [0.4, 0.5) is 5.69 Å². The topological polar surface area (TPSA) is 15.7 Å². The Hall–Kier alpha value is -1.22. The van der Waals surface area contributed by atoms with Crippen molar-refractivity contribution in [2.45, 2.75) is 45.4 Å². The summed E-state index contributed by atoms with van der Waals surface area (Å²) >= 11 is 0. The van der Waals surface area contributed by atoms with Crippen LogP contribution in [0.2, 0.25) is 0 Å². The molecule has 1 aromatic carbocycles. The van der Waals surface area contributed by atoms with Crippen molar-refractivity contribution < 1.29 is 4.74 Å². The van der Waals surface area contributed by atoms with E-state index in [0.29, 0.717) is 0 Å². The number of likely N-dealkylation sites (tertiary alicyclic amines) is 1. The second-order valence-electron chi connectivity index (χ2n) is 6.75. The highest BCUT2D eigenvalue weighted by atomic mass is 16.5. The van der Waals surface area contributed by atoms with Crippen molar-refractivity contribution in [3.8, 4) is 5.75 Å². The molecule has 0 N–H and O–H groups in total. The average Bonchev–Trinajstić information content (AvgIpc) is 2.58. The van der Waals surface area contributed by atoms with E-state index in [1.54, 1.807) is 0 Å². The van der Waals surface area contributed by atoms with Gasteiger partial charge >= 0.3 is 0 Å². The van der Waals surface area contributed by atoms with Crippen LogP contribution in [0.15, 0.2) is 18.2 Å². The highest BCUT2D eigenvalue weighted by molar-refractivity contribution is 5.53. The third-order valence-electron chi connectivity index (χ3n) is 4.99. The summed E-state index contributed by atoms with van der Waals surface area (Å²) in [4.78, 5) is 5.04. The second-order valence-corrected chi connectivity index (χ2v) is 6.75. The van der Waals surface area contributed by atoms with Gasteiger partial charge in [-0.15, -0.1) is 0 Å². The molecule has 3 rings (SSSR count). The minimum atomic E-state index is 0.809. The predicted octanol–water partition coefficient (Wildman–Crippen LogP) is 3.85. The smallest absolute Gasteiger partial charge is 0.122 e. The van der Waals surface area contributed by atoms with Gasteiger partial charge in [0.05, 0.1) is 0 Å². The van der Waals surface area contributed by atoms with Gasteiger partial charge in [0, 0.05) is 25.3 Å². The lowest BCUT2D eigenvalue weighted by atomic mass is 10.1. The first-order chi connectivity index (χ1) is 10.8. The molecule has 2 fully saturated rings. The van der Waals surface area contributed by atoms with Crippen molar-refractivity contribution in [1.29, 1.82) is 0 Å². The van der Waals surface area contributed by atoms with E-state index < -0.39 is 0 Å². The Balaban J connectivity index is 1.50. The molecule has 0 atom stereocenters. The largest absolute Gasteiger partial charge is 0.492 e. The summed E-state index contributed by atoms with van der Waals surface area (Å²) in [6.45, 7) is 8.94. The number of aryl methyl sites for hydroxylation is 1. The molecular formula is C19H30N2O. The number of piperidine rings is 2. The molecule has 122 valence electrons. The van der Waals surface area contributed by atoms with Gasteiger partial charge in [0.25, 0.3) is 0 Å². The zero-order valence-electron chi connectivity index (χ0n) is 14.0. The van der Waals surface area contributed by atoms with E-state index in [-0.39, 0.29) is 0 Å². The van der Waals surface area contributed by atoms with Crippen molar-refractivity contribution in [2.24, 2.45) is 0 Å². The normalized spacial score (nSPS) is 20.1. The molecule has 2 heterocycles. The molecule has 0 unspecified atom stereocenters. The van der Waals surface area contributed by atoms with Gasteiger partial charge in [-0.05, 0) is 75.9 Å². The average molecular weight is 302 g/mol. The van der Waals surface area contributed by atoms with Gasteiger partial charge in [-0.25, -0.2) is 0 Å². The van der Waals surface area contributed by atoms with Crippen LogP contribution in [0.25, 0.3) is 0 Å². The fourth-order valence-corrected chi connectivity index (χ4v) is 3.61. The zero-order valence-corrected chi connectivity index (χ0v) is 14.0. The van der Waals surface area contributed by atoms with Crippen LogP contribution in [0.3, 0.4) is 0 Å². The van der Waals surface area contributed by atoms with Gasteiger partial charge in [-0.2, -0.15) is 0 Å². The first kappa shape index (κ1) is 15.7. The van der Waals surface area contributed by atoms with Crippen LogP contribution in [0, 0.1) is 6.92 Å². The number of nitrogens with zero attached hydrogens (tertiary/aromatic N) is 2. The van der Waals surface area contributed by atoms with Crippen molar-refractivity contribution in [3.05, 3.63) is 23.8 Å². The van der Waals surface area contributed by atoms with Crippen LogP contribution < -0.4 is 9.64 Å². The first-order valence-corrected chi connectivity index (χ1v) is 9.04. The molecule has 3 nitrogen and oxygen atoms in total. The lowest BCUT2D eigenvalue weighted by Crippen LogP contribution is -2.33. The number of hydrogen-bond donors (Lipinski definition) is 0. The molecule has 0 bridgehead atoms. The fourth-order valence-electron chi connectivity index (χ4n) is 3.61. The van der Waals surface area contributed by atoms with E-state index in [2.05, 4.69) is 34.9 Å². The van der Waals surface area contributed by atoms with Gasteiger partial charge in [0.1, 0.15) is 12.4 Å². The highest BCUT2D eigenvalue weighted by Gasteiger charge is 2.13. The molecule has 2 saturated heterocycles. The van der Waals surface area contributed by atoms with E-state index in [1.165, 1.54) is 76.0 Å². The van der Waals surface area contributed by atoms with E-state index in [9.17, 15) is 0 Å². The summed E-state index contributed by atoms with van der Waals surface area (Å²) in [5, 5.41) is 0.